The van der Waals surface area contributed by atoms with Gasteiger partial charge >= 0.3 is 5.97 Å². The molecular formula is C20H23FN4O3. The molecule has 0 spiro atoms. The number of ether oxygens (including phenoxy) is 1. The molecule has 1 amide bonds. The first-order valence-electron chi connectivity index (χ1n) is 9.21. The SMILES string of the molecule is CCOC(=O)c1ccc(N2CCN(CC(=O)Nc3cccc(F)c3)CC2)nc1. The Morgan fingerprint density at radius 2 is 1.96 bits per heavy atom. The molecule has 28 heavy (non-hydrogen) atoms. The first kappa shape index (κ1) is 19.8. The lowest BCUT2D eigenvalue weighted by molar-refractivity contribution is -0.117. The number of rotatable bonds is 6. The van der Waals surface area contributed by atoms with Crippen molar-refractivity contribution in [2.45, 2.75) is 6.92 Å². The number of piperazine rings is 1. The first-order valence-corrected chi connectivity index (χ1v) is 9.21. The summed E-state index contributed by atoms with van der Waals surface area (Å²) in [4.78, 5) is 32.3. The third-order valence-electron chi connectivity index (χ3n) is 4.43. The van der Waals surface area contributed by atoms with Crippen LogP contribution >= 0.6 is 0 Å². The lowest BCUT2D eigenvalue weighted by atomic mass is 10.2. The van der Waals surface area contributed by atoms with Gasteiger partial charge in [0.25, 0.3) is 0 Å². The molecule has 0 atom stereocenters. The molecule has 3 rings (SSSR count). The summed E-state index contributed by atoms with van der Waals surface area (Å²) < 4.78 is 18.1. The van der Waals surface area contributed by atoms with E-state index >= 15 is 0 Å². The van der Waals surface area contributed by atoms with E-state index in [-0.39, 0.29) is 24.2 Å². The fraction of sp³-hybridized carbons (Fsp3) is 0.350. The summed E-state index contributed by atoms with van der Waals surface area (Å²) in [7, 11) is 0. The van der Waals surface area contributed by atoms with Crippen molar-refractivity contribution in [3.05, 3.63) is 54.0 Å². The molecule has 0 unspecified atom stereocenters. The molecule has 1 aliphatic rings. The number of esters is 1. The molecule has 1 aromatic heterocycles. The molecule has 7 nitrogen and oxygen atoms in total. The minimum atomic E-state index is -0.382. The largest absolute Gasteiger partial charge is 0.462 e. The van der Waals surface area contributed by atoms with Gasteiger partial charge in [0.1, 0.15) is 11.6 Å². The van der Waals surface area contributed by atoms with E-state index in [1.165, 1.54) is 18.3 Å². The molecule has 1 N–H and O–H groups in total. The molecule has 8 heteroatoms. The van der Waals surface area contributed by atoms with Crippen LogP contribution in [-0.2, 0) is 9.53 Å². The summed E-state index contributed by atoms with van der Waals surface area (Å²) >= 11 is 0. The smallest absolute Gasteiger partial charge is 0.339 e. The average molecular weight is 386 g/mol. The molecule has 0 radical (unpaired) electrons. The van der Waals surface area contributed by atoms with Crippen molar-refractivity contribution >= 4 is 23.4 Å². The van der Waals surface area contributed by atoms with Crippen LogP contribution in [0.4, 0.5) is 15.9 Å². The van der Waals surface area contributed by atoms with Crippen molar-refractivity contribution in [2.24, 2.45) is 0 Å². The Labute approximate surface area is 163 Å². The third-order valence-corrected chi connectivity index (χ3v) is 4.43. The molecule has 0 bridgehead atoms. The molecule has 2 heterocycles. The van der Waals surface area contributed by atoms with Gasteiger partial charge in [0.2, 0.25) is 5.91 Å². The van der Waals surface area contributed by atoms with E-state index in [9.17, 15) is 14.0 Å². The average Bonchev–Trinajstić information content (AvgIpc) is 2.69. The third kappa shape index (κ3) is 5.26. The van der Waals surface area contributed by atoms with Gasteiger partial charge < -0.3 is 15.0 Å². The maximum Gasteiger partial charge on any atom is 0.339 e. The molecule has 148 valence electrons. The van der Waals surface area contributed by atoms with Gasteiger partial charge in [0.15, 0.2) is 0 Å². The molecule has 0 saturated carbocycles. The summed E-state index contributed by atoms with van der Waals surface area (Å²) in [5, 5.41) is 2.71. The number of amides is 1. The highest BCUT2D eigenvalue weighted by atomic mass is 19.1. The Bertz CT molecular complexity index is 820. The Morgan fingerprint density at radius 1 is 1.18 bits per heavy atom. The Kier molecular flexibility index (Phi) is 6.54. The van der Waals surface area contributed by atoms with E-state index in [0.29, 0.717) is 30.9 Å². The minimum absolute atomic E-state index is 0.170. The fourth-order valence-corrected chi connectivity index (χ4v) is 3.01. The van der Waals surface area contributed by atoms with Crippen LogP contribution < -0.4 is 10.2 Å². The monoisotopic (exact) mass is 386 g/mol. The second kappa shape index (κ2) is 9.27. The number of aromatic nitrogens is 1. The summed E-state index contributed by atoms with van der Waals surface area (Å²) in [5.74, 6) is -0.142. The second-order valence-electron chi connectivity index (χ2n) is 6.45. The summed E-state index contributed by atoms with van der Waals surface area (Å²) in [5.41, 5.74) is 0.882. The highest BCUT2D eigenvalue weighted by Gasteiger charge is 2.20. The fourth-order valence-electron chi connectivity index (χ4n) is 3.01. The predicted molar refractivity (Wildman–Crippen MR) is 104 cm³/mol. The first-order chi connectivity index (χ1) is 13.5. The van der Waals surface area contributed by atoms with Crippen molar-refractivity contribution in [2.75, 3.05) is 49.5 Å². The van der Waals surface area contributed by atoms with Crippen LogP contribution in [0, 0.1) is 5.82 Å². The zero-order valence-corrected chi connectivity index (χ0v) is 15.7. The maximum absolute atomic E-state index is 13.2. The zero-order chi connectivity index (χ0) is 19.9. The number of hydrogen-bond acceptors (Lipinski definition) is 6. The van der Waals surface area contributed by atoms with Crippen LogP contribution in [0.3, 0.4) is 0 Å². The lowest BCUT2D eigenvalue weighted by Crippen LogP contribution is -2.48. The Balaban J connectivity index is 1.47. The van der Waals surface area contributed by atoms with E-state index in [1.54, 1.807) is 31.2 Å². The van der Waals surface area contributed by atoms with Crippen LogP contribution in [0.2, 0.25) is 0 Å². The van der Waals surface area contributed by atoms with Crippen molar-refractivity contribution in [3.63, 3.8) is 0 Å². The second-order valence-corrected chi connectivity index (χ2v) is 6.45. The number of halogens is 1. The van der Waals surface area contributed by atoms with Crippen LogP contribution in [0.25, 0.3) is 0 Å². The predicted octanol–water partition coefficient (Wildman–Crippen LogP) is 2.16. The number of carbonyl (C=O) groups excluding carboxylic acids is 2. The highest BCUT2D eigenvalue weighted by Crippen LogP contribution is 2.15. The van der Waals surface area contributed by atoms with Crippen LogP contribution in [-0.4, -0.2) is 61.1 Å². The molecule has 1 aliphatic heterocycles. The number of pyridine rings is 1. The van der Waals surface area contributed by atoms with Crippen LogP contribution in [0.5, 0.6) is 0 Å². The number of carbonyl (C=O) groups is 2. The number of anilines is 2. The number of benzene rings is 1. The molecule has 2 aromatic rings. The molecular weight excluding hydrogens is 363 g/mol. The number of nitrogens with zero attached hydrogens (tertiary/aromatic N) is 3. The number of nitrogens with one attached hydrogen (secondary N) is 1. The highest BCUT2D eigenvalue weighted by molar-refractivity contribution is 5.92. The van der Waals surface area contributed by atoms with Gasteiger partial charge in [0, 0.05) is 38.1 Å². The van der Waals surface area contributed by atoms with Gasteiger partial charge in [-0.15, -0.1) is 0 Å². The number of hydrogen-bond donors (Lipinski definition) is 1. The van der Waals surface area contributed by atoms with Gasteiger partial charge in [-0.25, -0.2) is 14.2 Å². The van der Waals surface area contributed by atoms with Gasteiger partial charge in [-0.3, -0.25) is 9.69 Å². The molecule has 1 fully saturated rings. The minimum Gasteiger partial charge on any atom is -0.462 e. The van der Waals surface area contributed by atoms with Gasteiger partial charge in [-0.05, 0) is 37.3 Å². The van der Waals surface area contributed by atoms with Crippen molar-refractivity contribution in [1.82, 2.24) is 9.88 Å². The van der Waals surface area contributed by atoms with E-state index in [2.05, 4.69) is 15.2 Å². The van der Waals surface area contributed by atoms with E-state index in [0.717, 1.165) is 18.9 Å². The molecule has 1 aromatic carbocycles. The molecule has 1 saturated heterocycles. The van der Waals surface area contributed by atoms with Gasteiger partial charge in [-0.2, -0.15) is 0 Å². The quantitative estimate of drug-likeness (QED) is 0.767. The van der Waals surface area contributed by atoms with Crippen molar-refractivity contribution in [3.8, 4) is 0 Å². The van der Waals surface area contributed by atoms with Crippen LogP contribution in [0.15, 0.2) is 42.6 Å². The van der Waals surface area contributed by atoms with Gasteiger partial charge in [0.05, 0.1) is 18.7 Å². The zero-order valence-electron chi connectivity index (χ0n) is 15.7. The summed E-state index contributed by atoms with van der Waals surface area (Å²) in [6.45, 7) is 5.19. The van der Waals surface area contributed by atoms with E-state index < -0.39 is 0 Å². The molecule has 0 aliphatic carbocycles. The Hall–Kier alpha value is -3.00. The van der Waals surface area contributed by atoms with Gasteiger partial charge in [-0.1, -0.05) is 6.07 Å². The standard InChI is InChI=1S/C20H23FN4O3/c1-2-28-20(27)15-6-7-18(22-13-15)25-10-8-24(9-11-25)14-19(26)23-17-5-3-4-16(21)12-17/h3-7,12-13H,2,8-11,14H2,1H3,(H,23,26). The lowest BCUT2D eigenvalue weighted by Gasteiger charge is -2.35. The summed E-state index contributed by atoms with van der Waals surface area (Å²) in [6.07, 6.45) is 1.52. The van der Waals surface area contributed by atoms with Crippen LogP contribution in [0.1, 0.15) is 17.3 Å². The normalized spacial score (nSPS) is 14.6. The topological polar surface area (TPSA) is 74.8 Å². The van der Waals surface area contributed by atoms with Crippen molar-refractivity contribution in [1.29, 1.82) is 0 Å². The Morgan fingerprint density at radius 3 is 2.61 bits per heavy atom. The van der Waals surface area contributed by atoms with E-state index in [4.69, 9.17) is 4.74 Å². The summed E-state index contributed by atoms with van der Waals surface area (Å²) in [6, 6.07) is 9.36. The van der Waals surface area contributed by atoms with E-state index in [1.807, 2.05) is 4.90 Å². The maximum atomic E-state index is 13.2. The van der Waals surface area contributed by atoms with Crippen molar-refractivity contribution < 1.29 is 18.7 Å².